The number of nitrogens with one attached hydrogen (secondary N) is 3. The highest BCUT2D eigenvalue weighted by atomic mass is 32.2. The van der Waals surface area contributed by atoms with E-state index in [-0.39, 0.29) is 28.9 Å². The molecular weight excluding hydrogens is 386 g/mol. The van der Waals surface area contributed by atoms with Crippen LogP contribution in [-0.2, 0) is 14.4 Å². The zero-order valence-electron chi connectivity index (χ0n) is 17.2. The van der Waals surface area contributed by atoms with Gasteiger partial charge in [0.2, 0.25) is 17.7 Å². The van der Waals surface area contributed by atoms with Crippen LogP contribution in [0.4, 0.5) is 17.1 Å². The monoisotopic (exact) mass is 413 g/mol. The van der Waals surface area contributed by atoms with E-state index in [1.807, 2.05) is 45.0 Å². The smallest absolute Gasteiger partial charge is 0.234 e. The highest BCUT2D eigenvalue weighted by molar-refractivity contribution is 8.00. The molecular formula is C22H27N3O3S. The lowest BCUT2D eigenvalue weighted by Gasteiger charge is -2.17. The zero-order chi connectivity index (χ0) is 21.4. The van der Waals surface area contributed by atoms with Crippen molar-refractivity contribution in [3.63, 3.8) is 0 Å². The molecule has 0 aliphatic rings. The summed E-state index contributed by atoms with van der Waals surface area (Å²) in [5, 5.41) is 8.40. The molecule has 0 saturated carbocycles. The highest BCUT2D eigenvalue weighted by Crippen LogP contribution is 2.24. The number of carbonyl (C=O) groups excluding carboxylic acids is 3. The van der Waals surface area contributed by atoms with Crippen LogP contribution in [-0.4, -0.2) is 23.5 Å². The Kier molecular flexibility index (Phi) is 7.84. The van der Waals surface area contributed by atoms with Gasteiger partial charge < -0.3 is 16.0 Å². The van der Waals surface area contributed by atoms with Crippen molar-refractivity contribution in [2.45, 2.75) is 39.0 Å². The Balaban J connectivity index is 1.85. The Labute approximate surface area is 175 Å². The summed E-state index contributed by atoms with van der Waals surface area (Å²) in [6.07, 6.45) is 0.438. The SMILES string of the molecule is CC(=O)Nc1ccc(NC(=O)CSc2cccc(NC(=O)CC(C)(C)C)c2)cc1. The van der Waals surface area contributed by atoms with Crippen molar-refractivity contribution in [1.82, 2.24) is 0 Å². The maximum atomic E-state index is 12.2. The molecule has 0 unspecified atom stereocenters. The minimum absolute atomic E-state index is 0.0277. The standard InChI is InChI=1S/C22H27N3O3S/c1-15(26)23-16-8-10-17(11-9-16)24-21(28)14-29-19-7-5-6-18(12-19)25-20(27)13-22(2,3)4/h5-12H,13-14H2,1-4H3,(H,23,26)(H,24,28)(H,25,27). The van der Waals surface area contributed by atoms with Gasteiger partial charge in [0.25, 0.3) is 0 Å². The summed E-state index contributed by atoms with van der Waals surface area (Å²) < 4.78 is 0. The van der Waals surface area contributed by atoms with E-state index < -0.39 is 0 Å². The van der Waals surface area contributed by atoms with Crippen molar-refractivity contribution in [2.24, 2.45) is 5.41 Å². The molecule has 2 aromatic rings. The van der Waals surface area contributed by atoms with Crippen molar-refractivity contribution in [1.29, 1.82) is 0 Å². The number of thioether (sulfide) groups is 1. The molecule has 0 heterocycles. The van der Waals surface area contributed by atoms with E-state index in [9.17, 15) is 14.4 Å². The molecule has 0 aliphatic carbocycles. The third kappa shape index (κ3) is 8.83. The molecule has 0 fully saturated rings. The molecule has 0 spiro atoms. The Bertz CT molecular complexity index is 874. The lowest BCUT2D eigenvalue weighted by Crippen LogP contribution is -2.19. The molecule has 0 bridgehead atoms. The van der Waals surface area contributed by atoms with E-state index in [0.29, 0.717) is 17.8 Å². The van der Waals surface area contributed by atoms with Crippen LogP contribution in [0.5, 0.6) is 0 Å². The fourth-order valence-corrected chi connectivity index (χ4v) is 3.29. The summed E-state index contributed by atoms with van der Waals surface area (Å²) in [5.41, 5.74) is 1.98. The van der Waals surface area contributed by atoms with Gasteiger partial charge in [-0.15, -0.1) is 11.8 Å². The maximum Gasteiger partial charge on any atom is 0.234 e. The van der Waals surface area contributed by atoms with Gasteiger partial charge in [-0.2, -0.15) is 0 Å². The third-order valence-corrected chi connectivity index (χ3v) is 4.66. The van der Waals surface area contributed by atoms with E-state index in [1.54, 1.807) is 24.3 Å². The van der Waals surface area contributed by atoms with E-state index in [2.05, 4.69) is 16.0 Å². The van der Waals surface area contributed by atoms with E-state index in [0.717, 1.165) is 10.6 Å². The van der Waals surface area contributed by atoms with Crippen molar-refractivity contribution in [2.75, 3.05) is 21.7 Å². The summed E-state index contributed by atoms with van der Waals surface area (Å²) in [4.78, 5) is 36.2. The fourth-order valence-electron chi connectivity index (χ4n) is 2.54. The molecule has 7 heteroatoms. The van der Waals surface area contributed by atoms with Crippen molar-refractivity contribution in [3.05, 3.63) is 48.5 Å². The number of hydrogen-bond acceptors (Lipinski definition) is 4. The minimum Gasteiger partial charge on any atom is -0.326 e. The van der Waals surface area contributed by atoms with Gasteiger partial charge in [-0.3, -0.25) is 14.4 Å². The normalized spacial score (nSPS) is 10.9. The van der Waals surface area contributed by atoms with Crippen LogP contribution < -0.4 is 16.0 Å². The highest BCUT2D eigenvalue weighted by Gasteiger charge is 2.16. The Hall–Kier alpha value is -2.80. The van der Waals surface area contributed by atoms with Crippen LogP contribution in [0.2, 0.25) is 0 Å². The van der Waals surface area contributed by atoms with Crippen LogP contribution in [0.25, 0.3) is 0 Å². The number of rotatable bonds is 7. The minimum atomic E-state index is -0.144. The van der Waals surface area contributed by atoms with Gasteiger partial charge in [-0.05, 0) is 47.9 Å². The van der Waals surface area contributed by atoms with Crippen LogP contribution >= 0.6 is 11.8 Å². The first-order valence-corrected chi connectivity index (χ1v) is 10.3. The molecule has 2 rings (SSSR count). The quantitative estimate of drug-likeness (QED) is 0.572. The second-order valence-corrected chi connectivity index (χ2v) is 8.96. The zero-order valence-corrected chi connectivity index (χ0v) is 18.0. The lowest BCUT2D eigenvalue weighted by atomic mass is 9.92. The molecule has 0 aliphatic heterocycles. The third-order valence-electron chi connectivity index (χ3n) is 3.67. The van der Waals surface area contributed by atoms with E-state index in [4.69, 9.17) is 0 Å². The largest absolute Gasteiger partial charge is 0.326 e. The maximum absolute atomic E-state index is 12.2. The van der Waals surface area contributed by atoms with Crippen LogP contribution in [0.3, 0.4) is 0 Å². The molecule has 6 nitrogen and oxygen atoms in total. The summed E-state index contributed by atoms with van der Waals surface area (Å²) >= 11 is 1.39. The fraction of sp³-hybridized carbons (Fsp3) is 0.318. The molecule has 29 heavy (non-hydrogen) atoms. The number of amides is 3. The van der Waals surface area contributed by atoms with Gasteiger partial charge in [0.05, 0.1) is 5.75 Å². The second kappa shape index (κ2) is 10.1. The summed E-state index contributed by atoms with van der Waals surface area (Å²) in [6.45, 7) is 7.50. The number of benzene rings is 2. The first-order chi connectivity index (χ1) is 13.6. The number of carbonyl (C=O) groups is 3. The second-order valence-electron chi connectivity index (χ2n) is 7.91. The molecule has 3 amide bonds. The Morgan fingerprint density at radius 3 is 2.00 bits per heavy atom. The molecule has 0 saturated heterocycles. The van der Waals surface area contributed by atoms with Gasteiger partial charge in [0.1, 0.15) is 0 Å². The predicted octanol–water partition coefficient (Wildman–Crippen LogP) is 4.75. The molecule has 3 N–H and O–H groups in total. The van der Waals surface area contributed by atoms with Gasteiger partial charge >= 0.3 is 0 Å². The lowest BCUT2D eigenvalue weighted by molar-refractivity contribution is -0.118. The molecule has 0 radical (unpaired) electrons. The summed E-state index contributed by atoms with van der Waals surface area (Å²) in [5.74, 6) is -0.0631. The van der Waals surface area contributed by atoms with Crippen LogP contribution in [0, 0.1) is 5.41 Å². The number of hydrogen-bond donors (Lipinski definition) is 3. The molecule has 2 aromatic carbocycles. The number of anilines is 3. The Morgan fingerprint density at radius 2 is 1.41 bits per heavy atom. The van der Waals surface area contributed by atoms with Gasteiger partial charge in [0.15, 0.2) is 0 Å². The molecule has 0 atom stereocenters. The van der Waals surface area contributed by atoms with Gasteiger partial charge in [-0.25, -0.2) is 0 Å². The summed E-state index contributed by atoms with van der Waals surface area (Å²) in [6, 6.07) is 14.4. The Morgan fingerprint density at radius 1 is 0.828 bits per heavy atom. The van der Waals surface area contributed by atoms with Crippen LogP contribution in [0.15, 0.2) is 53.4 Å². The predicted molar refractivity (Wildman–Crippen MR) is 119 cm³/mol. The topological polar surface area (TPSA) is 87.3 Å². The van der Waals surface area contributed by atoms with Crippen molar-refractivity contribution in [3.8, 4) is 0 Å². The van der Waals surface area contributed by atoms with Crippen molar-refractivity contribution < 1.29 is 14.4 Å². The van der Waals surface area contributed by atoms with Crippen molar-refractivity contribution >= 4 is 46.5 Å². The average molecular weight is 414 g/mol. The average Bonchev–Trinajstić information content (AvgIpc) is 2.60. The first-order valence-electron chi connectivity index (χ1n) is 9.31. The van der Waals surface area contributed by atoms with Crippen LogP contribution in [0.1, 0.15) is 34.1 Å². The molecule has 0 aromatic heterocycles. The van der Waals surface area contributed by atoms with Gasteiger partial charge in [-0.1, -0.05) is 26.8 Å². The summed E-state index contributed by atoms with van der Waals surface area (Å²) in [7, 11) is 0. The van der Waals surface area contributed by atoms with E-state index >= 15 is 0 Å². The first kappa shape index (κ1) is 22.5. The van der Waals surface area contributed by atoms with E-state index in [1.165, 1.54) is 18.7 Å². The van der Waals surface area contributed by atoms with Gasteiger partial charge in [0, 0.05) is 35.3 Å². The molecule has 154 valence electrons.